The molecule has 1 aromatic carbocycles. The summed E-state index contributed by atoms with van der Waals surface area (Å²) in [5.74, 6) is 1.16. The van der Waals surface area contributed by atoms with E-state index in [2.05, 4.69) is 30.6 Å². The van der Waals surface area contributed by atoms with Crippen LogP contribution < -0.4 is 16.4 Å². The van der Waals surface area contributed by atoms with Gasteiger partial charge in [0, 0.05) is 30.4 Å². The Labute approximate surface area is 138 Å². The SMILES string of the molecule is CC(=O)Nc1ccc(-c2ccnc(Nc3cc(N)ncn3)n2)cc1. The van der Waals surface area contributed by atoms with Crippen molar-refractivity contribution in [3.63, 3.8) is 0 Å². The normalized spacial score (nSPS) is 10.2. The zero-order chi connectivity index (χ0) is 16.9. The van der Waals surface area contributed by atoms with Gasteiger partial charge in [-0.1, -0.05) is 12.1 Å². The standard InChI is InChI=1S/C16H15N7O/c1-10(24)21-12-4-2-11(3-5-12)13-6-7-18-16(22-13)23-15-8-14(17)19-9-20-15/h2-9H,1H3,(H,21,24)(H3,17,18,19,20,22,23). The fourth-order valence-electron chi connectivity index (χ4n) is 2.06. The minimum atomic E-state index is -0.111. The van der Waals surface area contributed by atoms with Crippen LogP contribution in [0.2, 0.25) is 0 Å². The van der Waals surface area contributed by atoms with Gasteiger partial charge >= 0.3 is 0 Å². The number of rotatable bonds is 4. The molecule has 1 amide bonds. The molecular weight excluding hydrogens is 306 g/mol. The third-order valence-corrected chi connectivity index (χ3v) is 3.08. The molecule has 2 aromatic heterocycles. The summed E-state index contributed by atoms with van der Waals surface area (Å²) in [6.45, 7) is 1.47. The first-order valence-corrected chi connectivity index (χ1v) is 7.16. The van der Waals surface area contributed by atoms with Gasteiger partial charge in [-0.25, -0.2) is 19.9 Å². The number of hydrogen-bond acceptors (Lipinski definition) is 7. The maximum atomic E-state index is 11.1. The highest BCUT2D eigenvalue weighted by atomic mass is 16.1. The van der Waals surface area contributed by atoms with Crippen LogP contribution in [0.1, 0.15) is 6.92 Å². The molecule has 2 heterocycles. The Hall–Kier alpha value is -3.55. The molecule has 0 unspecified atom stereocenters. The predicted octanol–water partition coefficient (Wildman–Crippen LogP) is 2.22. The third-order valence-electron chi connectivity index (χ3n) is 3.08. The van der Waals surface area contributed by atoms with E-state index in [1.165, 1.54) is 13.3 Å². The number of nitrogens with two attached hydrogens (primary N) is 1. The van der Waals surface area contributed by atoms with Gasteiger partial charge in [0.15, 0.2) is 0 Å². The van der Waals surface area contributed by atoms with Crippen molar-refractivity contribution in [1.82, 2.24) is 19.9 Å². The van der Waals surface area contributed by atoms with Crippen molar-refractivity contribution in [2.45, 2.75) is 6.92 Å². The van der Waals surface area contributed by atoms with E-state index in [1.807, 2.05) is 24.3 Å². The van der Waals surface area contributed by atoms with Crippen molar-refractivity contribution in [1.29, 1.82) is 0 Å². The van der Waals surface area contributed by atoms with E-state index < -0.39 is 0 Å². The second-order valence-corrected chi connectivity index (χ2v) is 4.98. The number of nitrogen functional groups attached to an aromatic ring is 1. The average Bonchev–Trinajstić information content (AvgIpc) is 2.55. The quantitative estimate of drug-likeness (QED) is 0.674. The Kier molecular flexibility index (Phi) is 4.28. The van der Waals surface area contributed by atoms with E-state index in [0.717, 1.165) is 16.9 Å². The molecule has 0 atom stereocenters. The zero-order valence-electron chi connectivity index (χ0n) is 12.9. The van der Waals surface area contributed by atoms with Crippen LogP contribution in [-0.2, 0) is 4.79 Å². The molecule has 0 radical (unpaired) electrons. The predicted molar refractivity (Wildman–Crippen MR) is 91.5 cm³/mol. The number of amides is 1. The number of hydrogen-bond donors (Lipinski definition) is 3. The maximum Gasteiger partial charge on any atom is 0.228 e. The van der Waals surface area contributed by atoms with Crippen molar-refractivity contribution < 1.29 is 4.79 Å². The van der Waals surface area contributed by atoms with E-state index in [1.54, 1.807) is 18.3 Å². The number of anilines is 4. The molecule has 0 spiro atoms. The smallest absolute Gasteiger partial charge is 0.228 e. The fraction of sp³-hybridized carbons (Fsp3) is 0.0625. The minimum absolute atomic E-state index is 0.111. The molecule has 3 aromatic rings. The summed E-state index contributed by atoms with van der Waals surface area (Å²) in [5, 5.41) is 5.70. The Morgan fingerprint density at radius 1 is 1.08 bits per heavy atom. The molecule has 0 saturated heterocycles. The Balaban J connectivity index is 1.81. The highest BCUT2D eigenvalue weighted by molar-refractivity contribution is 5.88. The second-order valence-electron chi connectivity index (χ2n) is 4.98. The molecule has 8 nitrogen and oxygen atoms in total. The van der Waals surface area contributed by atoms with Crippen molar-refractivity contribution in [2.75, 3.05) is 16.4 Å². The number of carbonyl (C=O) groups is 1. The monoisotopic (exact) mass is 321 g/mol. The van der Waals surface area contributed by atoms with E-state index in [9.17, 15) is 4.79 Å². The van der Waals surface area contributed by atoms with Gasteiger partial charge in [-0.15, -0.1) is 0 Å². The lowest BCUT2D eigenvalue weighted by atomic mass is 10.1. The topological polar surface area (TPSA) is 119 Å². The minimum Gasteiger partial charge on any atom is -0.384 e. The van der Waals surface area contributed by atoms with Crippen LogP contribution in [0, 0.1) is 0 Å². The molecule has 3 rings (SSSR count). The van der Waals surface area contributed by atoms with Crippen molar-refractivity contribution >= 4 is 29.2 Å². The van der Waals surface area contributed by atoms with Crippen LogP contribution in [0.4, 0.5) is 23.3 Å². The summed E-state index contributed by atoms with van der Waals surface area (Å²) in [6, 6.07) is 10.8. The van der Waals surface area contributed by atoms with Crippen LogP contribution in [0.3, 0.4) is 0 Å². The number of carbonyl (C=O) groups excluding carboxylic acids is 1. The summed E-state index contributed by atoms with van der Waals surface area (Å²) < 4.78 is 0. The molecule has 4 N–H and O–H groups in total. The van der Waals surface area contributed by atoms with Gasteiger partial charge in [-0.2, -0.15) is 0 Å². The van der Waals surface area contributed by atoms with Crippen LogP contribution in [-0.4, -0.2) is 25.8 Å². The van der Waals surface area contributed by atoms with Crippen LogP contribution in [0.5, 0.6) is 0 Å². The van der Waals surface area contributed by atoms with Gasteiger partial charge < -0.3 is 16.4 Å². The average molecular weight is 321 g/mol. The van der Waals surface area contributed by atoms with E-state index in [0.29, 0.717) is 17.6 Å². The Morgan fingerprint density at radius 3 is 2.58 bits per heavy atom. The second kappa shape index (κ2) is 6.69. The Bertz CT molecular complexity index is 864. The lowest BCUT2D eigenvalue weighted by Crippen LogP contribution is -2.05. The maximum absolute atomic E-state index is 11.1. The first-order chi connectivity index (χ1) is 11.6. The number of nitrogens with one attached hydrogen (secondary N) is 2. The zero-order valence-corrected chi connectivity index (χ0v) is 12.9. The van der Waals surface area contributed by atoms with Gasteiger partial charge in [-0.05, 0) is 18.2 Å². The molecule has 8 heteroatoms. The van der Waals surface area contributed by atoms with Gasteiger partial charge in [0.05, 0.1) is 5.69 Å². The first kappa shape index (κ1) is 15.3. The molecular formula is C16H15N7O. The van der Waals surface area contributed by atoms with Gasteiger partial charge in [-0.3, -0.25) is 4.79 Å². The summed E-state index contributed by atoms with van der Waals surface area (Å²) in [7, 11) is 0. The lowest BCUT2D eigenvalue weighted by molar-refractivity contribution is -0.114. The van der Waals surface area contributed by atoms with Crippen molar-refractivity contribution in [3.8, 4) is 11.3 Å². The fourth-order valence-corrected chi connectivity index (χ4v) is 2.06. The van der Waals surface area contributed by atoms with E-state index in [4.69, 9.17) is 5.73 Å². The highest BCUT2D eigenvalue weighted by Gasteiger charge is 2.05. The van der Waals surface area contributed by atoms with E-state index >= 15 is 0 Å². The highest BCUT2D eigenvalue weighted by Crippen LogP contribution is 2.21. The van der Waals surface area contributed by atoms with E-state index in [-0.39, 0.29) is 5.91 Å². The number of benzene rings is 1. The van der Waals surface area contributed by atoms with Gasteiger partial charge in [0.25, 0.3) is 0 Å². The van der Waals surface area contributed by atoms with Gasteiger partial charge in [0.1, 0.15) is 18.0 Å². The van der Waals surface area contributed by atoms with Crippen LogP contribution >= 0.6 is 0 Å². The molecule has 120 valence electrons. The first-order valence-electron chi connectivity index (χ1n) is 7.16. The van der Waals surface area contributed by atoms with Crippen LogP contribution in [0.25, 0.3) is 11.3 Å². The third kappa shape index (κ3) is 3.80. The molecule has 0 aliphatic rings. The van der Waals surface area contributed by atoms with Gasteiger partial charge in [0.2, 0.25) is 11.9 Å². The summed E-state index contributed by atoms with van der Waals surface area (Å²) in [6.07, 6.45) is 3.01. The summed E-state index contributed by atoms with van der Waals surface area (Å²) in [5.41, 5.74) is 7.99. The largest absolute Gasteiger partial charge is 0.384 e. The summed E-state index contributed by atoms with van der Waals surface area (Å²) >= 11 is 0. The van der Waals surface area contributed by atoms with Crippen molar-refractivity contribution in [3.05, 3.63) is 48.9 Å². The molecule has 0 aliphatic carbocycles. The Morgan fingerprint density at radius 2 is 1.88 bits per heavy atom. The number of aromatic nitrogens is 4. The number of nitrogens with zero attached hydrogens (tertiary/aromatic N) is 4. The molecule has 0 aliphatic heterocycles. The molecule has 0 saturated carbocycles. The summed E-state index contributed by atoms with van der Waals surface area (Å²) in [4.78, 5) is 27.6. The molecule has 0 bridgehead atoms. The van der Waals surface area contributed by atoms with Crippen LogP contribution in [0.15, 0.2) is 48.9 Å². The molecule has 24 heavy (non-hydrogen) atoms. The van der Waals surface area contributed by atoms with Crippen molar-refractivity contribution in [2.24, 2.45) is 0 Å². The lowest BCUT2D eigenvalue weighted by Gasteiger charge is -2.07. The molecule has 0 fully saturated rings.